The zero-order chi connectivity index (χ0) is 28.4. The predicted molar refractivity (Wildman–Crippen MR) is 187 cm³/mol. The van der Waals surface area contributed by atoms with Crippen LogP contribution >= 0.6 is 17.2 Å². The van der Waals surface area contributed by atoms with E-state index >= 15 is 0 Å². The van der Waals surface area contributed by atoms with E-state index in [1.165, 1.54) is 55.1 Å². The Balaban J connectivity index is 1.20. The van der Waals surface area contributed by atoms with Gasteiger partial charge >= 0.3 is 0 Å². The van der Waals surface area contributed by atoms with E-state index in [9.17, 15) is 0 Å². The minimum absolute atomic E-state index is 0.735. The maximum Gasteiger partial charge on any atom is -0.00195 e. The Morgan fingerprint density at radius 3 is 1.07 bits per heavy atom. The fraction of sp³-hybridized carbons (Fsp3) is 0.100. The van der Waals surface area contributed by atoms with Crippen molar-refractivity contribution in [3.63, 3.8) is 0 Å². The van der Waals surface area contributed by atoms with Crippen molar-refractivity contribution in [1.82, 2.24) is 0 Å². The largest absolute Gasteiger partial charge is 0.0856 e. The van der Waals surface area contributed by atoms with Gasteiger partial charge in [-0.25, -0.2) is 0 Å². The van der Waals surface area contributed by atoms with E-state index in [4.69, 9.17) is 0 Å². The molecule has 0 nitrogen and oxygen atoms in total. The monoisotopic (exact) mass is 578 g/mol. The average Bonchev–Trinajstić information content (AvgIpc) is 3.05. The van der Waals surface area contributed by atoms with Crippen molar-refractivity contribution < 1.29 is 0 Å². The molecule has 0 fully saturated rings. The van der Waals surface area contributed by atoms with E-state index in [0.717, 1.165) is 42.3 Å². The van der Waals surface area contributed by atoms with Crippen LogP contribution in [0.15, 0.2) is 158 Å². The highest BCUT2D eigenvalue weighted by atomic mass is 31.1. The summed E-state index contributed by atoms with van der Waals surface area (Å²) in [7, 11) is 1.47. The first-order valence-electron chi connectivity index (χ1n) is 14.7. The summed E-state index contributed by atoms with van der Waals surface area (Å²) in [6.45, 7) is 0. The average molecular weight is 579 g/mol. The molecule has 6 aromatic rings. The van der Waals surface area contributed by atoms with Crippen molar-refractivity contribution in [1.29, 1.82) is 0 Å². The predicted octanol–water partition coefficient (Wildman–Crippen LogP) is 9.54. The van der Waals surface area contributed by atoms with Crippen LogP contribution in [0.2, 0.25) is 0 Å². The summed E-state index contributed by atoms with van der Waals surface area (Å²) in [5.74, 6) is 0. The normalized spacial score (nSPS) is 11.5. The zero-order valence-electron chi connectivity index (χ0n) is 23.8. The zero-order valence-corrected chi connectivity index (χ0v) is 25.8. The second-order valence-electron chi connectivity index (χ2n) is 10.7. The molecule has 0 spiro atoms. The molecule has 0 radical (unpaired) electrons. The first-order valence-corrected chi connectivity index (χ1v) is 17.1. The highest BCUT2D eigenvalue weighted by Crippen LogP contribution is 2.34. The van der Waals surface area contributed by atoms with Crippen molar-refractivity contribution in [3.05, 3.63) is 191 Å². The molecular formula is C40H36P2. The molecule has 6 aromatic carbocycles. The lowest BCUT2D eigenvalue weighted by Gasteiger charge is -2.16. The Morgan fingerprint density at radius 2 is 0.643 bits per heavy atom. The van der Waals surface area contributed by atoms with Gasteiger partial charge in [-0.2, -0.15) is 0 Å². The van der Waals surface area contributed by atoms with Gasteiger partial charge in [-0.15, -0.1) is 0 Å². The van der Waals surface area contributed by atoms with E-state index < -0.39 is 0 Å². The van der Waals surface area contributed by atoms with Crippen LogP contribution in [0.1, 0.15) is 33.4 Å². The van der Waals surface area contributed by atoms with E-state index in [-0.39, 0.29) is 0 Å². The molecule has 0 aliphatic heterocycles. The van der Waals surface area contributed by atoms with Gasteiger partial charge in [-0.3, -0.25) is 0 Å². The van der Waals surface area contributed by atoms with E-state index in [2.05, 4.69) is 158 Å². The molecule has 0 aliphatic rings. The fourth-order valence-corrected chi connectivity index (χ4v) is 8.18. The molecule has 206 valence electrons. The van der Waals surface area contributed by atoms with Crippen molar-refractivity contribution in [3.8, 4) is 11.1 Å². The van der Waals surface area contributed by atoms with Gasteiger partial charge in [-0.1, -0.05) is 175 Å². The number of hydrogen-bond acceptors (Lipinski definition) is 0. The lowest BCUT2D eigenvalue weighted by atomic mass is 9.97. The van der Waals surface area contributed by atoms with Gasteiger partial charge in [0.1, 0.15) is 0 Å². The molecule has 2 atom stereocenters. The molecule has 0 aliphatic carbocycles. The van der Waals surface area contributed by atoms with Crippen LogP contribution in [0.3, 0.4) is 0 Å². The molecule has 0 aromatic heterocycles. The minimum atomic E-state index is 0.735. The number of benzene rings is 6. The lowest BCUT2D eigenvalue weighted by Crippen LogP contribution is -2.06. The van der Waals surface area contributed by atoms with E-state index in [1.807, 2.05) is 0 Å². The summed E-state index contributed by atoms with van der Waals surface area (Å²) in [4.78, 5) is 0. The maximum absolute atomic E-state index is 2.33. The topological polar surface area (TPSA) is 0 Å². The molecule has 2 heteroatoms. The summed E-state index contributed by atoms with van der Waals surface area (Å²) in [5.41, 5.74) is 11.2. The van der Waals surface area contributed by atoms with Gasteiger partial charge in [0.25, 0.3) is 0 Å². The second kappa shape index (κ2) is 14.4. The summed E-state index contributed by atoms with van der Waals surface area (Å²) in [6, 6.07) is 57.7. The van der Waals surface area contributed by atoms with Gasteiger partial charge in [0.05, 0.1) is 0 Å². The maximum atomic E-state index is 2.33. The Bertz CT molecular complexity index is 1590. The van der Waals surface area contributed by atoms with Crippen LogP contribution in [-0.2, 0) is 25.2 Å². The Morgan fingerprint density at radius 1 is 0.310 bits per heavy atom. The first-order chi connectivity index (χ1) is 20.8. The highest BCUT2D eigenvalue weighted by Gasteiger charge is 2.12. The summed E-state index contributed by atoms with van der Waals surface area (Å²) >= 11 is 0. The summed E-state index contributed by atoms with van der Waals surface area (Å²) < 4.78 is 0. The van der Waals surface area contributed by atoms with Gasteiger partial charge in [0, 0.05) is 0 Å². The SMILES string of the molecule is c1ccc(Cc2ccccc2PCc2ccccc2-c2ccccc2CPc2ccccc2Cc2ccccc2)cc1. The minimum Gasteiger partial charge on any atom is -0.0856 e. The quantitative estimate of drug-likeness (QED) is 0.134. The van der Waals surface area contributed by atoms with Crippen molar-refractivity contribution in [2.45, 2.75) is 25.2 Å². The molecule has 42 heavy (non-hydrogen) atoms. The van der Waals surface area contributed by atoms with Gasteiger partial charge in [-0.05, 0) is 80.3 Å². The Labute approximate surface area is 254 Å². The van der Waals surface area contributed by atoms with Crippen LogP contribution in [0.25, 0.3) is 11.1 Å². The summed E-state index contributed by atoms with van der Waals surface area (Å²) in [5, 5.41) is 2.95. The molecule has 0 heterocycles. The molecule has 0 bridgehead atoms. The van der Waals surface area contributed by atoms with Crippen LogP contribution in [-0.4, -0.2) is 0 Å². The van der Waals surface area contributed by atoms with E-state index in [1.54, 1.807) is 0 Å². The van der Waals surface area contributed by atoms with Crippen LogP contribution in [0.4, 0.5) is 0 Å². The van der Waals surface area contributed by atoms with Gasteiger partial charge < -0.3 is 0 Å². The molecule has 6 rings (SSSR count). The molecule has 2 unspecified atom stereocenters. The van der Waals surface area contributed by atoms with Gasteiger partial charge in [0.15, 0.2) is 0 Å². The second-order valence-corrected chi connectivity index (χ2v) is 13.2. The molecule has 0 saturated carbocycles. The smallest absolute Gasteiger partial charge is 0.00195 e. The first kappa shape index (κ1) is 28.3. The number of hydrogen-bond donors (Lipinski definition) is 0. The standard InChI is InChI=1S/C40H36P2/c1-3-15-31(16-4-1)27-33-19-9-13-25-39(33)41-29-35-21-7-11-23-37(35)38-24-12-8-22-36(38)30-42-40-26-14-10-20-34(40)28-32-17-5-2-6-18-32/h1-26,41-42H,27-30H2. The molecule has 0 saturated heterocycles. The van der Waals surface area contributed by atoms with Crippen molar-refractivity contribution in [2.75, 3.05) is 0 Å². The third-order valence-electron chi connectivity index (χ3n) is 7.77. The lowest BCUT2D eigenvalue weighted by molar-refractivity contribution is 1.21. The third kappa shape index (κ3) is 7.33. The van der Waals surface area contributed by atoms with Crippen LogP contribution < -0.4 is 10.6 Å². The highest BCUT2D eigenvalue weighted by molar-refractivity contribution is 7.46. The van der Waals surface area contributed by atoms with Crippen molar-refractivity contribution in [2.24, 2.45) is 0 Å². The van der Waals surface area contributed by atoms with Crippen LogP contribution in [0, 0.1) is 0 Å². The van der Waals surface area contributed by atoms with Crippen LogP contribution in [0.5, 0.6) is 0 Å². The summed E-state index contributed by atoms with van der Waals surface area (Å²) in [6.07, 6.45) is 4.08. The number of rotatable bonds is 11. The Hall–Kier alpha value is -3.82. The third-order valence-corrected chi connectivity index (χ3v) is 10.6. The van der Waals surface area contributed by atoms with Crippen molar-refractivity contribution >= 4 is 27.8 Å². The fourth-order valence-electron chi connectivity index (χ4n) is 5.58. The Kier molecular flexibility index (Phi) is 9.69. The van der Waals surface area contributed by atoms with Gasteiger partial charge in [0.2, 0.25) is 0 Å². The molecule has 0 N–H and O–H groups in total. The molecule has 0 amide bonds. The molecular weight excluding hydrogens is 542 g/mol. The van der Waals surface area contributed by atoms with E-state index in [0.29, 0.717) is 0 Å².